The number of carbonyl (C=O) groups excluding carboxylic acids is 2. The molecule has 1 aliphatic heterocycles. The van der Waals surface area contributed by atoms with Crippen molar-refractivity contribution in [3.63, 3.8) is 0 Å². The van der Waals surface area contributed by atoms with Crippen LogP contribution >= 0.6 is 0 Å². The number of amides is 2. The molecule has 2 aromatic carbocycles. The summed E-state index contributed by atoms with van der Waals surface area (Å²) < 4.78 is 81.1. The minimum absolute atomic E-state index is 0.00938. The highest BCUT2D eigenvalue weighted by atomic mass is 19.4. The standard InChI is InChI=1S/C31H31F6N3O2/c32-30(33,34)23-14-21(15-24(17-23)31(35,36)37)29(42)40-13-12-39(28(41)11-10-20-6-2-1-3-7-20)19-25(40)16-22-18-38-27-9-5-4-8-26(22)27/h4-5,8-11,14-15,17-18,20,25,38H,1-3,6-7,12-13,16,19H2/b11-10+/t25-/m1/s1. The summed E-state index contributed by atoms with van der Waals surface area (Å²) in [5.74, 6) is -0.840. The summed E-state index contributed by atoms with van der Waals surface area (Å²) in [6, 6.07) is 7.71. The average Bonchev–Trinajstić information content (AvgIpc) is 3.37. The highest BCUT2D eigenvalue weighted by Crippen LogP contribution is 2.37. The molecule has 1 N–H and O–H groups in total. The number of para-hydroxylation sites is 1. The topological polar surface area (TPSA) is 56.4 Å². The fourth-order valence-corrected chi connectivity index (χ4v) is 5.95. The lowest BCUT2D eigenvalue weighted by Crippen LogP contribution is -2.57. The lowest BCUT2D eigenvalue weighted by molar-refractivity contribution is -0.143. The van der Waals surface area contributed by atoms with Gasteiger partial charge in [-0.1, -0.05) is 43.5 Å². The molecule has 1 atom stereocenters. The van der Waals surface area contributed by atoms with Gasteiger partial charge in [0.1, 0.15) is 0 Å². The van der Waals surface area contributed by atoms with E-state index < -0.39 is 41.0 Å². The molecule has 3 aromatic rings. The van der Waals surface area contributed by atoms with E-state index in [9.17, 15) is 35.9 Å². The number of aromatic nitrogens is 1. The van der Waals surface area contributed by atoms with Gasteiger partial charge in [0.15, 0.2) is 0 Å². The Morgan fingerprint density at radius 3 is 2.24 bits per heavy atom. The third-order valence-electron chi connectivity index (χ3n) is 8.18. The predicted octanol–water partition coefficient (Wildman–Crippen LogP) is 7.24. The Labute approximate surface area is 239 Å². The zero-order chi connectivity index (χ0) is 30.1. The van der Waals surface area contributed by atoms with Crippen LogP contribution in [0.3, 0.4) is 0 Å². The van der Waals surface area contributed by atoms with Crippen molar-refractivity contribution in [1.29, 1.82) is 0 Å². The number of piperazine rings is 1. The van der Waals surface area contributed by atoms with Crippen LogP contribution < -0.4 is 0 Å². The first kappa shape index (κ1) is 29.7. The molecule has 0 unspecified atom stereocenters. The van der Waals surface area contributed by atoms with Crippen LogP contribution in [0.1, 0.15) is 59.2 Å². The Morgan fingerprint density at radius 1 is 0.905 bits per heavy atom. The third kappa shape index (κ3) is 6.65. The Bertz CT molecular complexity index is 1440. The van der Waals surface area contributed by atoms with Gasteiger partial charge in [0, 0.05) is 42.3 Å². The molecule has 0 radical (unpaired) electrons. The third-order valence-corrected chi connectivity index (χ3v) is 8.18. The second kappa shape index (κ2) is 11.9. The van der Waals surface area contributed by atoms with Gasteiger partial charge in [-0.15, -0.1) is 0 Å². The van der Waals surface area contributed by atoms with Crippen molar-refractivity contribution in [2.45, 2.75) is 56.9 Å². The lowest BCUT2D eigenvalue weighted by atomic mass is 9.89. The number of carbonyl (C=O) groups is 2. The number of rotatable bonds is 5. The second-order valence-electron chi connectivity index (χ2n) is 11.1. The van der Waals surface area contributed by atoms with Gasteiger partial charge in [-0.05, 0) is 61.1 Å². The molecule has 5 rings (SSSR count). The van der Waals surface area contributed by atoms with Crippen molar-refractivity contribution in [2.75, 3.05) is 19.6 Å². The van der Waals surface area contributed by atoms with E-state index in [0.717, 1.165) is 42.1 Å². The van der Waals surface area contributed by atoms with Gasteiger partial charge in [0.25, 0.3) is 5.91 Å². The maximum atomic E-state index is 13.6. The molecular formula is C31H31F6N3O2. The number of nitrogens with zero attached hydrogens (tertiary/aromatic N) is 2. The number of halogens is 6. The van der Waals surface area contributed by atoms with E-state index in [1.54, 1.807) is 17.2 Å². The number of allylic oxidation sites excluding steroid dienone is 1. The fourth-order valence-electron chi connectivity index (χ4n) is 5.95. The van der Waals surface area contributed by atoms with Crippen LogP contribution in [-0.2, 0) is 23.6 Å². The predicted molar refractivity (Wildman–Crippen MR) is 146 cm³/mol. The maximum Gasteiger partial charge on any atom is 0.416 e. The molecule has 2 fully saturated rings. The van der Waals surface area contributed by atoms with Gasteiger partial charge >= 0.3 is 12.4 Å². The van der Waals surface area contributed by atoms with Crippen LogP contribution in [-0.4, -0.2) is 52.3 Å². The quantitative estimate of drug-likeness (QED) is 0.251. The fraction of sp³-hybridized carbons (Fsp3) is 0.419. The van der Waals surface area contributed by atoms with E-state index >= 15 is 0 Å². The normalized spacial score (nSPS) is 19.1. The SMILES string of the molecule is O=C(/C=C/C1CCCCC1)N1CCN(C(=O)c2cc(C(F)(F)F)cc(C(F)(F)F)c2)[C@H](Cc2c[nH]c3ccccc23)C1. The Kier molecular flexibility index (Phi) is 8.39. The van der Waals surface area contributed by atoms with Gasteiger partial charge in [0.05, 0.1) is 17.2 Å². The van der Waals surface area contributed by atoms with Crippen LogP contribution in [0.15, 0.2) is 60.8 Å². The van der Waals surface area contributed by atoms with Crippen molar-refractivity contribution >= 4 is 22.7 Å². The number of nitrogens with one attached hydrogen (secondary N) is 1. The van der Waals surface area contributed by atoms with E-state index in [-0.39, 0.29) is 38.0 Å². The van der Waals surface area contributed by atoms with Crippen molar-refractivity contribution in [3.8, 4) is 0 Å². The Hall–Kier alpha value is -3.76. The van der Waals surface area contributed by atoms with E-state index in [1.165, 1.54) is 11.3 Å². The lowest BCUT2D eigenvalue weighted by Gasteiger charge is -2.41. The first-order valence-electron chi connectivity index (χ1n) is 14.0. The number of aromatic amines is 1. The molecule has 2 heterocycles. The summed E-state index contributed by atoms with van der Waals surface area (Å²) in [5, 5.41) is 0.879. The van der Waals surface area contributed by atoms with Gasteiger partial charge in [-0.25, -0.2) is 0 Å². The summed E-state index contributed by atoms with van der Waals surface area (Å²) in [6.45, 7) is 0.158. The summed E-state index contributed by atoms with van der Waals surface area (Å²) in [5.41, 5.74) is -2.12. The number of hydrogen-bond acceptors (Lipinski definition) is 2. The molecule has 11 heteroatoms. The van der Waals surface area contributed by atoms with Gasteiger partial charge < -0.3 is 14.8 Å². The summed E-state index contributed by atoms with van der Waals surface area (Å²) in [7, 11) is 0. The molecule has 1 saturated carbocycles. The zero-order valence-electron chi connectivity index (χ0n) is 22.8. The molecule has 1 saturated heterocycles. The molecule has 0 spiro atoms. The first-order chi connectivity index (χ1) is 19.9. The van der Waals surface area contributed by atoms with Crippen molar-refractivity contribution in [3.05, 3.63) is 83.1 Å². The van der Waals surface area contributed by atoms with Crippen LogP contribution in [0.5, 0.6) is 0 Å². The smallest absolute Gasteiger partial charge is 0.361 e. The Balaban J connectivity index is 1.44. The molecule has 1 aliphatic carbocycles. The number of alkyl halides is 6. The Morgan fingerprint density at radius 2 is 1.57 bits per heavy atom. The van der Waals surface area contributed by atoms with E-state index in [2.05, 4.69) is 4.98 Å². The number of H-pyrrole nitrogens is 1. The van der Waals surface area contributed by atoms with Crippen LogP contribution in [0.4, 0.5) is 26.3 Å². The summed E-state index contributed by atoms with van der Waals surface area (Å²) in [6.07, 6.45) is 0.793. The molecule has 1 aromatic heterocycles. The highest BCUT2D eigenvalue weighted by Gasteiger charge is 2.39. The average molecular weight is 592 g/mol. The van der Waals surface area contributed by atoms with Crippen LogP contribution in [0, 0.1) is 5.92 Å². The number of fused-ring (bicyclic) bond motifs is 1. The summed E-state index contributed by atoms with van der Waals surface area (Å²) >= 11 is 0. The number of benzene rings is 2. The highest BCUT2D eigenvalue weighted by molar-refractivity contribution is 5.95. The van der Waals surface area contributed by atoms with Gasteiger partial charge in [-0.3, -0.25) is 9.59 Å². The van der Waals surface area contributed by atoms with E-state index in [0.29, 0.717) is 18.1 Å². The zero-order valence-corrected chi connectivity index (χ0v) is 22.8. The van der Waals surface area contributed by atoms with Crippen LogP contribution in [0.25, 0.3) is 10.9 Å². The molecule has 2 aliphatic rings. The summed E-state index contributed by atoms with van der Waals surface area (Å²) in [4.78, 5) is 32.8. The molecule has 42 heavy (non-hydrogen) atoms. The van der Waals surface area contributed by atoms with E-state index in [1.807, 2.05) is 30.3 Å². The van der Waals surface area contributed by atoms with Crippen LogP contribution in [0.2, 0.25) is 0 Å². The molecular weight excluding hydrogens is 560 g/mol. The molecule has 0 bridgehead atoms. The molecule has 224 valence electrons. The largest absolute Gasteiger partial charge is 0.416 e. The minimum Gasteiger partial charge on any atom is -0.361 e. The van der Waals surface area contributed by atoms with E-state index in [4.69, 9.17) is 0 Å². The molecule has 5 nitrogen and oxygen atoms in total. The number of hydrogen-bond donors (Lipinski definition) is 1. The van der Waals surface area contributed by atoms with Gasteiger partial charge in [0.2, 0.25) is 5.91 Å². The monoisotopic (exact) mass is 591 g/mol. The first-order valence-corrected chi connectivity index (χ1v) is 14.0. The second-order valence-corrected chi connectivity index (χ2v) is 11.1. The van der Waals surface area contributed by atoms with Gasteiger partial charge in [-0.2, -0.15) is 26.3 Å². The van der Waals surface area contributed by atoms with Crippen molar-refractivity contribution in [1.82, 2.24) is 14.8 Å². The molecule has 2 amide bonds. The maximum absolute atomic E-state index is 13.6. The van der Waals surface area contributed by atoms with Crippen molar-refractivity contribution < 1.29 is 35.9 Å². The van der Waals surface area contributed by atoms with Crippen molar-refractivity contribution in [2.24, 2.45) is 5.92 Å². The minimum atomic E-state index is -5.07.